The number of carbonyl (C=O) groups excluding carboxylic acids is 1. The molecule has 0 amide bonds. The molecule has 1 aromatic carbocycles. The summed E-state index contributed by atoms with van der Waals surface area (Å²) < 4.78 is 5.00. The Morgan fingerprint density at radius 3 is 1.81 bits per heavy atom. The van der Waals surface area contributed by atoms with Gasteiger partial charge in [0, 0.05) is 0 Å². The fourth-order valence-electron chi connectivity index (χ4n) is 1.68. The van der Waals surface area contributed by atoms with Crippen LogP contribution in [-0.2, 0) is 9.46 Å². The van der Waals surface area contributed by atoms with Crippen LogP contribution < -0.4 is 4.72 Å². The van der Waals surface area contributed by atoms with Crippen molar-refractivity contribution in [2.75, 3.05) is 0 Å². The predicted molar refractivity (Wildman–Crippen MR) is 66.7 cm³/mol. The molecule has 0 radical (unpaired) electrons. The third kappa shape index (κ3) is 3.14. The number of hydrogen-bond donors (Lipinski definition) is 1. The third-order valence-corrected chi connectivity index (χ3v) is 5.24. The molecule has 0 fully saturated rings. The molecule has 6 heteroatoms. The van der Waals surface area contributed by atoms with Gasteiger partial charge in [0.1, 0.15) is 0 Å². The van der Waals surface area contributed by atoms with Crippen molar-refractivity contribution in [3.05, 3.63) is 34.4 Å². The molecule has 0 aliphatic rings. The summed E-state index contributed by atoms with van der Waals surface area (Å²) >= 11 is 0. The number of halogens is 3. The van der Waals surface area contributed by atoms with E-state index in [0.717, 1.165) is 16.7 Å². The summed E-state index contributed by atoms with van der Waals surface area (Å²) in [5, 5.41) is 0. The van der Waals surface area contributed by atoms with Gasteiger partial charge in [-0.3, -0.25) is 0 Å². The monoisotopic (exact) mass is 320 g/mol. The first-order valence-electron chi connectivity index (χ1n) is 4.51. The van der Waals surface area contributed by atoms with E-state index in [1.54, 1.807) is 0 Å². The Bertz CT molecular complexity index is 433. The quantitative estimate of drug-likeness (QED) is 0.901. The molecule has 0 aliphatic carbocycles. The van der Waals surface area contributed by atoms with Gasteiger partial charge in [0.2, 0.25) is 0 Å². The molecule has 16 heavy (non-hydrogen) atoms. The molecule has 0 heterocycles. The van der Waals surface area contributed by atoms with E-state index >= 15 is 0 Å². The van der Waals surface area contributed by atoms with Crippen LogP contribution in [0, 0.1) is 20.8 Å². The van der Waals surface area contributed by atoms with Crippen LogP contribution in [0.4, 0.5) is 0 Å². The van der Waals surface area contributed by atoms with Crippen molar-refractivity contribution in [2.45, 2.75) is 20.8 Å². The van der Waals surface area contributed by atoms with Crippen LogP contribution in [-0.4, -0.2) is 4.65 Å². The van der Waals surface area contributed by atoms with Crippen molar-refractivity contribution in [3.63, 3.8) is 0 Å². The van der Waals surface area contributed by atoms with Crippen LogP contribution in [0.25, 0.3) is 0 Å². The van der Waals surface area contributed by atoms with E-state index in [-0.39, 0.29) is 0 Å². The second-order valence-electron chi connectivity index (χ2n) is 3.85. The van der Waals surface area contributed by atoms with E-state index in [9.17, 15) is 4.79 Å². The summed E-state index contributed by atoms with van der Waals surface area (Å²) in [6.07, 6.45) is 0. The normalized spacial score (nSPS) is 14.3. The number of rotatable bonds is 2. The Labute approximate surface area is 108 Å². The van der Waals surface area contributed by atoms with Gasteiger partial charge in [-0.2, -0.15) is 0 Å². The second-order valence-corrected chi connectivity index (χ2v) is 16.8. The second kappa shape index (κ2) is 4.17. The van der Waals surface area contributed by atoms with Crippen molar-refractivity contribution in [1.29, 1.82) is 0 Å². The molecule has 1 rings (SSSR count). The fourth-order valence-corrected chi connectivity index (χ4v) is 3.68. The third-order valence-electron chi connectivity index (χ3n) is 2.20. The van der Waals surface area contributed by atoms with Crippen molar-refractivity contribution in [1.82, 2.24) is 0 Å². The molecule has 1 aromatic rings. The van der Waals surface area contributed by atoms with Crippen molar-refractivity contribution in [2.24, 2.45) is 4.72 Å². The van der Waals surface area contributed by atoms with Gasteiger partial charge in [0.05, 0.1) is 0 Å². The summed E-state index contributed by atoms with van der Waals surface area (Å²) in [5.74, 6) is 0. The standard InChI is InChI=1S/C10H11O.3ClH.Cr.H2N/c1-7-4-8(2)10(6-11)9(3)5-7;;;;;/h4-5H,1-3H3;3*1H;;1H2/q;;;;+4;-1/p-3. The van der Waals surface area contributed by atoms with Gasteiger partial charge in [-0.1, -0.05) is 0 Å². The number of carbonyl (C=O) groups is 1. The molecule has 2 N–H and O–H groups in total. The Hall–Kier alpha value is 0.252. The molecule has 0 bridgehead atoms. The zero-order valence-electron chi connectivity index (χ0n) is 9.18. The minimum absolute atomic E-state index is 0.438. The first kappa shape index (κ1) is 14.3. The summed E-state index contributed by atoms with van der Waals surface area (Å²) in [6.45, 7) is 5.57. The van der Waals surface area contributed by atoms with Gasteiger partial charge in [-0.25, -0.2) is 0 Å². The van der Waals surface area contributed by atoms with Crippen molar-refractivity contribution < 1.29 is 14.3 Å². The average molecular weight is 322 g/mol. The Morgan fingerprint density at radius 2 is 1.50 bits per heavy atom. The summed E-state index contributed by atoms with van der Waals surface area (Å²) in [4.78, 5) is 12.1. The molecule has 0 saturated carbocycles. The molecule has 0 atom stereocenters. The Balaban J connectivity index is 3.42. The number of nitrogens with two attached hydrogens (primary N) is 1. The molecular weight excluding hydrogens is 308 g/mol. The molecule has 0 saturated heterocycles. The van der Waals surface area contributed by atoms with Crippen molar-refractivity contribution >= 4 is 34.8 Å². The van der Waals surface area contributed by atoms with Crippen LogP contribution >= 0.6 is 30.1 Å². The molecule has 2 nitrogen and oxygen atoms in total. The minimum atomic E-state index is -4.68. The summed E-state index contributed by atoms with van der Waals surface area (Å²) in [5.41, 5.74) is 3.08. The topological polar surface area (TPSA) is 43.1 Å². The maximum atomic E-state index is 12.1. The SMILES string of the molecule is Cc1cc(C)c([C](=O)[Cr]([NH2])([Cl])([Cl])[Cl])c(C)c1. The van der Waals surface area contributed by atoms with Gasteiger partial charge in [0.15, 0.2) is 0 Å². The Morgan fingerprint density at radius 1 is 1.12 bits per heavy atom. The molecule has 0 aromatic heterocycles. The van der Waals surface area contributed by atoms with Gasteiger partial charge in [0.25, 0.3) is 0 Å². The molecule has 0 spiro atoms. The van der Waals surface area contributed by atoms with Gasteiger partial charge in [-0.05, 0) is 0 Å². The van der Waals surface area contributed by atoms with E-state index in [1.807, 2.05) is 32.9 Å². The van der Waals surface area contributed by atoms with E-state index in [2.05, 4.69) is 0 Å². The van der Waals surface area contributed by atoms with Crippen LogP contribution in [0.3, 0.4) is 0 Å². The number of hydrogen-bond acceptors (Lipinski definition) is 2. The zero-order valence-corrected chi connectivity index (χ0v) is 12.7. The molecule has 0 unspecified atom stereocenters. The van der Waals surface area contributed by atoms with E-state index < -0.39 is 14.1 Å². The molecular formula is C10H13Cl3CrNO. The average Bonchev–Trinajstić information content (AvgIpc) is 1.98. The van der Waals surface area contributed by atoms with Crippen LogP contribution in [0.15, 0.2) is 12.1 Å². The molecule has 91 valence electrons. The van der Waals surface area contributed by atoms with E-state index in [0.29, 0.717) is 5.56 Å². The predicted octanol–water partition coefficient (Wildman–Crippen LogP) is 3.78. The number of aryl methyl sites for hydroxylation is 3. The fraction of sp³-hybridized carbons (Fsp3) is 0.300. The first-order valence-corrected chi connectivity index (χ1v) is 11.1. The van der Waals surface area contributed by atoms with Crippen LogP contribution in [0.1, 0.15) is 27.0 Å². The maximum absolute atomic E-state index is 12.1. The van der Waals surface area contributed by atoms with Gasteiger partial charge < -0.3 is 0 Å². The van der Waals surface area contributed by atoms with Crippen molar-refractivity contribution in [3.8, 4) is 0 Å². The number of benzene rings is 1. The van der Waals surface area contributed by atoms with E-state index in [4.69, 9.17) is 34.9 Å². The summed E-state index contributed by atoms with van der Waals surface area (Å²) in [6, 6.07) is 3.75. The molecule has 0 aliphatic heterocycles. The van der Waals surface area contributed by atoms with Gasteiger partial charge in [-0.15, -0.1) is 0 Å². The summed E-state index contributed by atoms with van der Waals surface area (Å²) in [7, 11) is 12.7. The Kier molecular flexibility index (Phi) is 3.73. The zero-order chi connectivity index (χ0) is 12.7. The van der Waals surface area contributed by atoms with Crippen LogP contribution in [0.2, 0.25) is 0 Å². The van der Waals surface area contributed by atoms with E-state index in [1.165, 1.54) is 0 Å². The van der Waals surface area contributed by atoms with Crippen LogP contribution in [0.5, 0.6) is 0 Å². The van der Waals surface area contributed by atoms with Gasteiger partial charge >= 0.3 is 109 Å². The first-order chi connectivity index (χ1) is 6.99.